The third-order valence-corrected chi connectivity index (χ3v) is 5.80. The molecular weight excluding hydrogens is 481 g/mol. The molecule has 36 heavy (non-hydrogen) atoms. The zero-order chi connectivity index (χ0) is 26.2. The van der Waals surface area contributed by atoms with E-state index in [1.54, 1.807) is 28.5 Å². The van der Waals surface area contributed by atoms with Crippen LogP contribution in [0.4, 0.5) is 19.1 Å². The van der Waals surface area contributed by atoms with Crippen molar-refractivity contribution in [2.45, 2.75) is 26.6 Å². The fraction of sp³-hybridized carbons (Fsp3) is 0.391. The van der Waals surface area contributed by atoms with E-state index >= 15 is 0 Å². The van der Waals surface area contributed by atoms with E-state index in [4.69, 9.17) is 0 Å². The van der Waals surface area contributed by atoms with Gasteiger partial charge in [0.25, 0.3) is 5.56 Å². The molecule has 190 valence electrons. The molecule has 0 aliphatic carbocycles. The average Bonchev–Trinajstić information content (AvgIpc) is 3.21. The molecule has 0 spiro atoms. The summed E-state index contributed by atoms with van der Waals surface area (Å²) in [5, 5.41) is 0.937. The van der Waals surface area contributed by atoms with Crippen LogP contribution in [0.5, 0.6) is 0 Å². The van der Waals surface area contributed by atoms with Crippen LogP contribution in [-0.4, -0.2) is 62.1 Å². The number of aromatic nitrogens is 4. The summed E-state index contributed by atoms with van der Waals surface area (Å²) in [5.41, 5.74) is 0.701. The number of hydrogen-bond acceptors (Lipinski definition) is 7. The maximum Gasteiger partial charge on any atom is 0.492 e. The van der Waals surface area contributed by atoms with Crippen LogP contribution in [0.3, 0.4) is 0 Å². The summed E-state index contributed by atoms with van der Waals surface area (Å²) >= 11 is 0. The number of anilines is 1. The lowest BCUT2D eigenvalue weighted by molar-refractivity contribution is -0.239. The van der Waals surface area contributed by atoms with Gasteiger partial charge in [-0.2, -0.15) is 18.2 Å². The number of aryl methyl sites for hydroxylation is 1. The van der Waals surface area contributed by atoms with Crippen LogP contribution in [0.15, 0.2) is 33.9 Å². The Morgan fingerprint density at radius 2 is 1.75 bits per heavy atom. The molecule has 1 aromatic carbocycles. The van der Waals surface area contributed by atoms with Gasteiger partial charge in [-0.25, -0.2) is 14.2 Å². The summed E-state index contributed by atoms with van der Waals surface area (Å²) in [4.78, 5) is 48.3. The van der Waals surface area contributed by atoms with E-state index in [9.17, 15) is 27.6 Å². The molecule has 1 aliphatic heterocycles. The molecule has 0 atom stereocenters. The van der Waals surface area contributed by atoms with Gasteiger partial charge in [0.05, 0.1) is 25.3 Å². The lowest BCUT2D eigenvalue weighted by Gasteiger charge is -2.34. The summed E-state index contributed by atoms with van der Waals surface area (Å²) in [6.45, 7) is 3.93. The van der Waals surface area contributed by atoms with Gasteiger partial charge in [-0.1, -0.05) is 23.6 Å². The van der Waals surface area contributed by atoms with Gasteiger partial charge in [0.15, 0.2) is 11.2 Å². The number of nitrogens with zero attached hydrogens (tertiary/aromatic N) is 6. The molecule has 3 aromatic rings. The molecule has 4 rings (SSSR count). The van der Waals surface area contributed by atoms with Crippen LogP contribution in [0, 0.1) is 18.8 Å². The fourth-order valence-electron chi connectivity index (χ4n) is 3.91. The Balaban J connectivity index is 1.79. The monoisotopic (exact) mass is 504 g/mol. The third-order valence-electron chi connectivity index (χ3n) is 5.80. The molecule has 1 fully saturated rings. The van der Waals surface area contributed by atoms with Gasteiger partial charge < -0.3 is 9.74 Å². The lowest BCUT2D eigenvalue weighted by Crippen LogP contribution is -2.49. The topological polar surface area (TPSA) is 94.6 Å². The van der Waals surface area contributed by atoms with E-state index in [0.717, 1.165) is 15.2 Å². The second kappa shape index (κ2) is 9.54. The van der Waals surface area contributed by atoms with Crippen LogP contribution >= 0.6 is 0 Å². The van der Waals surface area contributed by atoms with Crippen molar-refractivity contribution < 1.29 is 22.8 Å². The quantitative estimate of drug-likeness (QED) is 0.496. The zero-order valence-electron chi connectivity index (χ0n) is 19.8. The predicted octanol–water partition coefficient (Wildman–Crippen LogP) is 1.36. The molecule has 1 saturated heterocycles. The molecule has 0 radical (unpaired) electrons. The van der Waals surface area contributed by atoms with Crippen LogP contribution in [0.2, 0.25) is 0 Å². The predicted molar refractivity (Wildman–Crippen MR) is 125 cm³/mol. The van der Waals surface area contributed by atoms with Crippen molar-refractivity contribution in [3.05, 3.63) is 50.7 Å². The Kier molecular flexibility index (Phi) is 6.64. The Bertz CT molecular complexity index is 1480. The molecule has 3 heterocycles. The number of benzene rings is 1. The van der Waals surface area contributed by atoms with E-state index in [2.05, 4.69) is 21.7 Å². The minimum Gasteiger partial charge on any atom is -0.361 e. The maximum atomic E-state index is 13.2. The Hall–Kier alpha value is -4.05. The van der Waals surface area contributed by atoms with Gasteiger partial charge >= 0.3 is 17.8 Å². The minimum absolute atomic E-state index is 0.0206. The van der Waals surface area contributed by atoms with Crippen molar-refractivity contribution in [3.63, 3.8) is 0 Å². The maximum absolute atomic E-state index is 13.2. The smallest absolute Gasteiger partial charge is 0.361 e. The van der Waals surface area contributed by atoms with Crippen molar-refractivity contribution >= 4 is 23.1 Å². The summed E-state index contributed by atoms with van der Waals surface area (Å²) in [7, 11) is 1.38. The van der Waals surface area contributed by atoms with Crippen LogP contribution < -0.4 is 16.1 Å². The highest BCUT2D eigenvalue weighted by atomic mass is 19.4. The largest absolute Gasteiger partial charge is 0.492 e. The van der Waals surface area contributed by atoms with Gasteiger partial charge in [-0.3, -0.25) is 13.9 Å². The molecule has 1 aliphatic rings. The van der Waals surface area contributed by atoms with Gasteiger partial charge in [-0.15, -0.1) is 11.0 Å². The summed E-state index contributed by atoms with van der Waals surface area (Å²) in [6.07, 6.45) is -5.09. The van der Waals surface area contributed by atoms with E-state index in [1.807, 2.05) is 19.1 Å². The molecule has 10 nitrogen and oxygen atoms in total. The number of carbonyl (C=O) groups excluding carboxylic acids is 1. The van der Waals surface area contributed by atoms with E-state index in [-0.39, 0.29) is 43.9 Å². The number of alkyl halides is 3. The van der Waals surface area contributed by atoms with Gasteiger partial charge in [-0.05, 0) is 26.0 Å². The number of halogens is 3. The summed E-state index contributed by atoms with van der Waals surface area (Å²) < 4.78 is 41.6. The number of imidazole rings is 1. The second-order valence-corrected chi connectivity index (χ2v) is 8.21. The number of rotatable bonds is 4. The average molecular weight is 504 g/mol. The molecule has 13 heteroatoms. The molecule has 2 aromatic heterocycles. The SMILES string of the molecule is CC#CCn1c(N2CCN(OC(=O)C(F)(F)F)CC2)nc2c1c(=O)n(C)c(=O)n2-c1ccc(C)cc1. The van der Waals surface area contributed by atoms with Crippen LogP contribution in [0.1, 0.15) is 12.5 Å². The van der Waals surface area contributed by atoms with E-state index < -0.39 is 23.4 Å². The molecule has 0 unspecified atom stereocenters. The lowest BCUT2D eigenvalue weighted by atomic mass is 10.2. The number of fused-ring (bicyclic) bond motifs is 1. The minimum atomic E-state index is -5.09. The van der Waals surface area contributed by atoms with Crippen LogP contribution in [0.25, 0.3) is 16.9 Å². The first-order valence-electron chi connectivity index (χ1n) is 11.0. The van der Waals surface area contributed by atoms with Gasteiger partial charge in [0.1, 0.15) is 0 Å². The number of piperazine rings is 1. The molecule has 0 N–H and O–H groups in total. The highest BCUT2D eigenvalue weighted by Crippen LogP contribution is 2.24. The first-order valence-corrected chi connectivity index (χ1v) is 11.0. The molecular formula is C23H23F3N6O4. The zero-order valence-corrected chi connectivity index (χ0v) is 19.8. The number of hydroxylamine groups is 2. The Morgan fingerprint density at radius 3 is 2.33 bits per heavy atom. The summed E-state index contributed by atoms with van der Waals surface area (Å²) in [6, 6.07) is 7.17. The molecule has 0 amide bonds. The van der Waals surface area contributed by atoms with Crippen molar-refractivity contribution in [1.82, 2.24) is 23.7 Å². The molecule has 0 saturated carbocycles. The number of hydrogen-bond donors (Lipinski definition) is 0. The van der Waals surface area contributed by atoms with E-state index in [0.29, 0.717) is 11.6 Å². The van der Waals surface area contributed by atoms with Crippen molar-refractivity contribution in [3.8, 4) is 17.5 Å². The van der Waals surface area contributed by atoms with Crippen molar-refractivity contribution in [1.29, 1.82) is 0 Å². The molecule has 0 bridgehead atoms. The van der Waals surface area contributed by atoms with Crippen molar-refractivity contribution in [2.24, 2.45) is 7.05 Å². The first-order chi connectivity index (χ1) is 17.0. The summed E-state index contributed by atoms with van der Waals surface area (Å²) in [5.74, 6) is 3.73. The van der Waals surface area contributed by atoms with Crippen LogP contribution in [-0.2, 0) is 23.2 Å². The highest BCUT2D eigenvalue weighted by Gasteiger charge is 2.43. The van der Waals surface area contributed by atoms with Crippen molar-refractivity contribution in [2.75, 3.05) is 31.1 Å². The number of carbonyl (C=O) groups is 1. The fourth-order valence-corrected chi connectivity index (χ4v) is 3.91. The Morgan fingerprint density at radius 1 is 1.11 bits per heavy atom. The normalized spacial score (nSPS) is 14.6. The Labute approximate surface area is 203 Å². The van der Waals surface area contributed by atoms with Gasteiger partial charge in [0.2, 0.25) is 5.95 Å². The van der Waals surface area contributed by atoms with E-state index in [1.165, 1.54) is 11.6 Å². The highest BCUT2D eigenvalue weighted by molar-refractivity contribution is 5.77. The first kappa shape index (κ1) is 25.1. The second-order valence-electron chi connectivity index (χ2n) is 8.21. The standard InChI is InChI=1S/C23H23F3N6O4/c1-4-5-10-31-17-18(32(22(35)28(3)19(17)33)16-8-6-15(2)7-9-16)27-21(31)29-11-13-30(14-12-29)36-20(34)23(24,25)26/h6-9H,10-14H2,1-3H3. The van der Waals surface area contributed by atoms with Gasteiger partial charge in [0, 0.05) is 20.1 Å². The third kappa shape index (κ3) is 4.59.